The molecule has 0 unspecified atom stereocenters. The fourth-order valence-electron chi connectivity index (χ4n) is 1.53. The van der Waals surface area contributed by atoms with Gasteiger partial charge in [-0.3, -0.25) is 0 Å². The second kappa shape index (κ2) is 5.84. The van der Waals surface area contributed by atoms with E-state index in [2.05, 4.69) is 15.3 Å². The summed E-state index contributed by atoms with van der Waals surface area (Å²) < 4.78 is 18.5. The molecule has 0 spiro atoms. The first-order valence-electron chi connectivity index (χ1n) is 5.81. The molecule has 2 rings (SSSR count). The third kappa shape index (κ3) is 3.54. The number of aryl methyl sites for hydroxylation is 1. The molecule has 19 heavy (non-hydrogen) atoms. The molecule has 6 heteroatoms. The van der Waals surface area contributed by atoms with E-state index in [0.29, 0.717) is 23.3 Å². The molecule has 1 heterocycles. The molecule has 0 aliphatic heterocycles. The molecular formula is C13H13ClFN3O. The SMILES string of the molecule is CCNc1cc(Oc2ccc(F)cc2Cl)nc(C)n1. The van der Waals surface area contributed by atoms with Crippen LogP contribution in [0.25, 0.3) is 0 Å². The fraction of sp³-hybridized carbons (Fsp3) is 0.231. The van der Waals surface area contributed by atoms with Gasteiger partial charge in [0.15, 0.2) is 0 Å². The summed E-state index contributed by atoms with van der Waals surface area (Å²) in [6.07, 6.45) is 0. The van der Waals surface area contributed by atoms with Crippen molar-refractivity contribution < 1.29 is 9.13 Å². The maximum absolute atomic E-state index is 12.9. The molecule has 0 aliphatic carbocycles. The van der Waals surface area contributed by atoms with E-state index in [1.807, 2.05) is 6.92 Å². The standard InChI is InChI=1S/C13H13ClFN3O/c1-3-16-12-7-13(18-8(2)17-12)19-11-5-4-9(15)6-10(11)14/h4-7H,3H2,1-2H3,(H,16,17,18). The minimum Gasteiger partial charge on any atom is -0.437 e. The van der Waals surface area contributed by atoms with Gasteiger partial charge >= 0.3 is 0 Å². The van der Waals surface area contributed by atoms with E-state index < -0.39 is 5.82 Å². The van der Waals surface area contributed by atoms with Gasteiger partial charge in [0.25, 0.3) is 0 Å². The molecule has 0 atom stereocenters. The Kier molecular flexibility index (Phi) is 4.16. The van der Waals surface area contributed by atoms with Crippen LogP contribution in [0.5, 0.6) is 11.6 Å². The van der Waals surface area contributed by atoms with Crippen LogP contribution in [-0.4, -0.2) is 16.5 Å². The number of hydrogen-bond donors (Lipinski definition) is 1. The lowest BCUT2D eigenvalue weighted by molar-refractivity contribution is 0.459. The predicted molar refractivity (Wildman–Crippen MR) is 72.4 cm³/mol. The molecule has 0 amide bonds. The van der Waals surface area contributed by atoms with Crippen LogP contribution in [0, 0.1) is 12.7 Å². The second-order valence-corrected chi connectivity index (χ2v) is 4.25. The van der Waals surface area contributed by atoms with Gasteiger partial charge in [-0.2, -0.15) is 4.98 Å². The lowest BCUT2D eigenvalue weighted by atomic mass is 10.3. The van der Waals surface area contributed by atoms with E-state index in [-0.39, 0.29) is 5.02 Å². The topological polar surface area (TPSA) is 47.0 Å². The first-order valence-corrected chi connectivity index (χ1v) is 6.18. The number of nitrogens with one attached hydrogen (secondary N) is 1. The van der Waals surface area contributed by atoms with E-state index in [0.717, 1.165) is 6.54 Å². The Bertz CT molecular complexity index is 592. The van der Waals surface area contributed by atoms with Gasteiger partial charge in [0.2, 0.25) is 5.88 Å². The number of rotatable bonds is 4. The minimum absolute atomic E-state index is 0.196. The Morgan fingerprint density at radius 2 is 2.11 bits per heavy atom. The highest BCUT2D eigenvalue weighted by molar-refractivity contribution is 6.32. The summed E-state index contributed by atoms with van der Waals surface area (Å²) in [5.41, 5.74) is 0. The molecule has 0 radical (unpaired) electrons. The molecule has 1 aromatic carbocycles. The Hall–Kier alpha value is -1.88. The maximum Gasteiger partial charge on any atom is 0.224 e. The number of anilines is 1. The average Bonchev–Trinajstić information content (AvgIpc) is 2.32. The van der Waals surface area contributed by atoms with Gasteiger partial charge in [0, 0.05) is 12.6 Å². The molecule has 0 saturated carbocycles. The average molecular weight is 282 g/mol. The summed E-state index contributed by atoms with van der Waals surface area (Å²) in [6, 6.07) is 5.59. The van der Waals surface area contributed by atoms with E-state index >= 15 is 0 Å². The molecule has 0 saturated heterocycles. The zero-order valence-electron chi connectivity index (χ0n) is 10.6. The van der Waals surface area contributed by atoms with Crippen LogP contribution in [-0.2, 0) is 0 Å². The molecule has 100 valence electrons. The van der Waals surface area contributed by atoms with Crippen LogP contribution in [0.2, 0.25) is 5.02 Å². The Labute approximate surface area is 115 Å². The summed E-state index contributed by atoms with van der Waals surface area (Å²) in [4.78, 5) is 8.36. The van der Waals surface area contributed by atoms with Crippen molar-refractivity contribution in [3.63, 3.8) is 0 Å². The van der Waals surface area contributed by atoms with Crippen LogP contribution in [0.3, 0.4) is 0 Å². The number of aromatic nitrogens is 2. The van der Waals surface area contributed by atoms with E-state index in [4.69, 9.17) is 16.3 Å². The van der Waals surface area contributed by atoms with Crippen LogP contribution in [0.4, 0.5) is 10.2 Å². The van der Waals surface area contributed by atoms with Crippen molar-refractivity contribution in [2.24, 2.45) is 0 Å². The highest BCUT2D eigenvalue weighted by Gasteiger charge is 2.07. The quantitative estimate of drug-likeness (QED) is 0.926. The van der Waals surface area contributed by atoms with Crippen molar-refractivity contribution in [2.75, 3.05) is 11.9 Å². The third-order valence-electron chi connectivity index (χ3n) is 2.28. The van der Waals surface area contributed by atoms with Crippen molar-refractivity contribution in [3.05, 3.63) is 40.9 Å². The number of ether oxygens (including phenoxy) is 1. The Balaban J connectivity index is 2.27. The Morgan fingerprint density at radius 3 is 2.79 bits per heavy atom. The summed E-state index contributed by atoms with van der Waals surface area (Å²) in [5.74, 6) is 1.54. The molecule has 4 nitrogen and oxygen atoms in total. The van der Waals surface area contributed by atoms with Gasteiger partial charge in [-0.1, -0.05) is 11.6 Å². The normalized spacial score (nSPS) is 10.3. The van der Waals surface area contributed by atoms with Crippen LogP contribution in [0.1, 0.15) is 12.7 Å². The zero-order chi connectivity index (χ0) is 13.8. The zero-order valence-corrected chi connectivity index (χ0v) is 11.3. The smallest absolute Gasteiger partial charge is 0.224 e. The summed E-state index contributed by atoms with van der Waals surface area (Å²) >= 11 is 5.90. The van der Waals surface area contributed by atoms with E-state index in [1.54, 1.807) is 13.0 Å². The van der Waals surface area contributed by atoms with Gasteiger partial charge < -0.3 is 10.1 Å². The van der Waals surface area contributed by atoms with Crippen molar-refractivity contribution in [2.45, 2.75) is 13.8 Å². The van der Waals surface area contributed by atoms with Crippen LogP contribution >= 0.6 is 11.6 Å². The van der Waals surface area contributed by atoms with Crippen molar-refractivity contribution in [1.29, 1.82) is 0 Å². The van der Waals surface area contributed by atoms with Gasteiger partial charge in [0.1, 0.15) is 23.2 Å². The molecule has 1 aromatic heterocycles. The number of benzene rings is 1. The third-order valence-corrected chi connectivity index (χ3v) is 2.58. The fourth-order valence-corrected chi connectivity index (χ4v) is 1.74. The van der Waals surface area contributed by atoms with Crippen molar-refractivity contribution >= 4 is 17.4 Å². The molecule has 0 aliphatic rings. The van der Waals surface area contributed by atoms with Crippen LogP contribution < -0.4 is 10.1 Å². The second-order valence-electron chi connectivity index (χ2n) is 3.85. The minimum atomic E-state index is -0.412. The molecule has 1 N–H and O–H groups in total. The van der Waals surface area contributed by atoms with Gasteiger partial charge in [-0.15, -0.1) is 0 Å². The van der Waals surface area contributed by atoms with Gasteiger partial charge in [0.05, 0.1) is 5.02 Å². The predicted octanol–water partition coefficient (Wildman–Crippen LogP) is 3.80. The summed E-state index contributed by atoms with van der Waals surface area (Å²) in [5, 5.41) is 3.27. The monoisotopic (exact) mass is 281 g/mol. The molecular weight excluding hydrogens is 269 g/mol. The van der Waals surface area contributed by atoms with E-state index in [9.17, 15) is 4.39 Å². The molecule has 0 bridgehead atoms. The lowest BCUT2D eigenvalue weighted by Crippen LogP contribution is -2.02. The number of halogens is 2. The first kappa shape index (κ1) is 13.5. The highest BCUT2D eigenvalue weighted by atomic mass is 35.5. The summed E-state index contributed by atoms with van der Waals surface area (Å²) in [6.45, 7) is 4.47. The van der Waals surface area contributed by atoms with E-state index in [1.165, 1.54) is 18.2 Å². The van der Waals surface area contributed by atoms with Crippen molar-refractivity contribution in [1.82, 2.24) is 9.97 Å². The van der Waals surface area contributed by atoms with Gasteiger partial charge in [-0.05, 0) is 32.0 Å². The first-order chi connectivity index (χ1) is 9.08. The van der Waals surface area contributed by atoms with Crippen molar-refractivity contribution in [3.8, 4) is 11.6 Å². The van der Waals surface area contributed by atoms with Crippen LogP contribution in [0.15, 0.2) is 24.3 Å². The highest BCUT2D eigenvalue weighted by Crippen LogP contribution is 2.29. The van der Waals surface area contributed by atoms with Gasteiger partial charge in [-0.25, -0.2) is 9.37 Å². The summed E-state index contributed by atoms with van der Waals surface area (Å²) in [7, 11) is 0. The lowest BCUT2D eigenvalue weighted by Gasteiger charge is -2.09. The largest absolute Gasteiger partial charge is 0.437 e. The number of nitrogens with zero attached hydrogens (tertiary/aromatic N) is 2. The molecule has 0 fully saturated rings. The Morgan fingerprint density at radius 1 is 1.32 bits per heavy atom. The number of hydrogen-bond acceptors (Lipinski definition) is 4. The molecule has 2 aromatic rings. The maximum atomic E-state index is 12.9.